The lowest BCUT2D eigenvalue weighted by Crippen LogP contribution is -2.29. The maximum absolute atomic E-state index is 14.1. The first kappa shape index (κ1) is 23.2. The Balaban J connectivity index is 1.71. The minimum atomic E-state index is -0.224. The molecule has 0 amide bonds. The van der Waals surface area contributed by atoms with Crippen LogP contribution in [0.5, 0.6) is 0 Å². The second kappa shape index (κ2) is 8.93. The fraction of sp³-hybridized carbons (Fsp3) is 0.241. The number of anilines is 1. The highest BCUT2D eigenvalue weighted by Crippen LogP contribution is 2.44. The van der Waals surface area contributed by atoms with E-state index in [-0.39, 0.29) is 17.9 Å². The average molecular weight is 485 g/mol. The number of hydrogen-bond acceptors (Lipinski definition) is 2. The highest BCUT2D eigenvalue weighted by atomic mass is 32.1. The van der Waals surface area contributed by atoms with Crippen molar-refractivity contribution in [2.24, 2.45) is 0 Å². The van der Waals surface area contributed by atoms with Crippen LogP contribution in [-0.4, -0.2) is 14.7 Å². The molecule has 35 heavy (non-hydrogen) atoms. The normalized spacial score (nSPS) is 17.7. The van der Waals surface area contributed by atoms with Crippen LogP contribution in [0, 0.1) is 40.4 Å². The van der Waals surface area contributed by atoms with Crippen molar-refractivity contribution < 1.29 is 4.39 Å². The number of benzene rings is 2. The number of hydrogen-bond donors (Lipinski definition) is 1. The molecular formula is C29H29FN4S. The molecule has 3 heterocycles. The number of halogens is 1. The topological polar surface area (TPSA) is 33.1 Å². The Labute approximate surface area is 211 Å². The molecule has 0 saturated carbocycles. The fourth-order valence-electron chi connectivity index (χ4n) is 5.15. The third-order valence-electron chi connectivity index (χ3n) is 6.91. The third-order valence-corrected chi connectivity index (χ3v) is 7.23. The number of thiocarbonyl (C=S) groups is 1. The molecule has 5 rings (SSSR count). The van der Waals surface area contributed by atoms with Crippen molar-refractivity contribution in [3.8, 4) is 5.69 Å². The first-order valence-electron chi connectivity index (χ1n) is 11.8. The maximum Gasteiger partial charge on any atom is 0.174 e. The molecule has 0 bridgehead atoms. The molecule has 0 unspecified atom stereocenters. The van der Waals surface area contributed by atoms with E-state index in [1.807, 2.05) is 24.3 Å². The number of aromatic nitrogens is 2. The van der Waals surface area contributed by atoms with Crippen molar-refractivity contribution in [3.05, 3.63) is 112 Å². The van der Waals surface area contributed by atoms with Gasteiger partial charge < -0.3 is 14.8 Å². The highest BCUT2D eigenvalue weighted by Gasteiger charge is 2.42. The number of rotatable bonds is 4. The molecule has 1 aliphatic rings. The summed E-state index contributed by atoms with van der Waals surface area (Å²) in [5, 5.41) is 4.11. The summed E-state index contributed by atoms with van der Waals surface area (Å²) >= 11 is 5.85. The lowest BCUT2D eigenvalue weighted by atomic mass is 9.96. The number of nitrogens with zero attached hydrogens (tertiary/aromatic N) is 3. The van der Waals surface area contributed by atoms with Crippen molar-refractivity contribution >= 4 is 23.0 Å². The molecule has 0 radical (unpaired) electrons. The third kappa shape index (κ3) is 4.02. The van der Waals surface area contributed by atoms with Crippen LogP contribution in [0.15, 0.2) is 66.9 Å². The Bertz CT molecular complexity index is 1430. The van der Waals surface area contributed by atoms with Crippen molar-refractivity contribution in [2.45, 2.75) is 46.7 Å². The first-order chi connectivity index (χ1) is 16.8. The van der Waals surface area contributed by atoms with Crippen LogP contribution >= 0.6 is 12.2 Å². The summed E-state index contributed by atoms with van der Waals surface area (Å²) < 4.78 is 16.5. The predicted molar refractivity (Wildman–Crippen MR) is 144 cm³/mol. The summed E-state index contributed by atoms with van der Waals surface area (Å²) in [5.41, 5.74) is 9.45. The fourth-order valence-corrected chi connectivity index (χ4v) is 5.49. The average Bonchev–Trinajstić information content (AvgIpc) is 3.33. The lowest BCUT2D eigenvalue weighted by Gasteiger charge is -2.28. The van der Waals surface area contributed by atoms with Gasteiger partial charge in [-0.25, -0.2) is 4.39 Å². The molecule has 0 spiro atoms. The summed E-state index contributed by atoms with van der Waals surface area (Å²) in [6.45, 7) is 10.3. The van der Waals surface area contributed by atoms with Gasteiger partial charge in [0.05, 0.1) is 17.8 Å². The molecule has 2 atom stereocenters. The van der Waals surface area contributed by atoms with E-state index in [0.29, 0.717) is 10.7 Å². The lowest BCUT2D eigenvalue weighted by molar-refractivity contribution is 0.564. The van der Waals surface area contributed by atoms with Gasteiger partial charge in [-0.2, -0.15) is 0 Å². The molecule has 2 aromatic carbocycles. The van der Waals surface area contributed by atoms with Gasteiger partial charge in [0.25, 0.3) is 0 Å². The SMILES string of the molecule is Cc1ccc(C)c(-n2c(C)cc([C@H]3[C@H](c4ccccn4)NC(=S)N3c3ccc(F)c(C)c3)c2C)c1. The van der Waals surface area contributed by atoms with Crippen molar-refractivity contribution in [1.82, 2.24) is 14.9 Å². The van der Waals surface area contributed by atoms with E-state index in [4.69, 9.17) is 12.2 Å². The van der Waals surface area contributed by atoms with Gasteiger partial charge in [0.1, 0.15) is 5.82 Å². The smallest absolute Gasteiger partial charge is 0.174 e. The van der Waals surface area contributed by atoms with Gasteiger partial charge >= 0.3 is 0 Å². The minimum Gasteiger partial charge on any atom is -0.351 e. The molecule has 178 valence electrons. The summed E-state index contributed by atoms with van der Waals surface area (Å²) in [5.74, 6) is -0.224. The van der Waals surface area contributed by atoms with Crippen LogP contribution in [0.3, 0.4) is 0 Å². The van der Waals surface area contributed by atoms with E-state index in [1.165, 1.54) is 22.9 Å². The Morgan fingerprint density at radius 3 is 2.43 bits per heavy atom. The quantitative estimate of drug-likeness (QED) is 0.326. The monoisotopic (exact) mass is 484 g/mol. The van der Waals surface area contributed by atoms with E-state index < -0.39 is 0 Å². The predicted octanol–water partition coefficient (Wildman–Crippen LogP) is 6.73. The van der Waals surface area contributed by atoms with Gasteiger partial charge in [-0.05, 0) is 112 Å². The summed E-state index contributed by atoms with van der Waals surface area (Å²) in [4.78, 5) is 6.77. The molecule has 1 aliphatic heterocycles. The first-order valence-corrected chi connectivity index (χ1v) is 12.2. The molecule has 2 aromatic heterocycles. The Morgan fingerprint density at radius 2 is 1.71 bits per heavy atom. The van der Waals surface area contributed by atoms with Crippen LogP contribution in [-0.2, 0) is 0 Å². The van der Waals surface area contributed by atoms with Crippen LogP contribution in [0.1, 0.15) is 51.4 Å². The Kier molecular flexibility index (Phi) is 5.93. The van der Waals surface area contributed by atoms with Gasteiger partial charge in [0, 0.05) is 29.0 Å². The van der Waals surface area contributed by atoms with Gasteiger partial charge in [-0.3, -0.25) is 4.98 Å². The Hall–Kier alpha value is -3.51. The van der Waals surface area contributed by atoms with Gasteiger partial charge in [0.2, 0.25) is 0 Å². The zero-order valence-electron chi connectivity index (χ0n) is 20.6. The summed E-state index contributed by atoms with van der Waals surface area (Å²) in [6.07, 6.45) is 1.81. The minimum absolute atomic E-state index is 0.146. The van der Waals surface area contributed by atoms with Crippen LogP contribution in [0.25, 0.3) is 5.69 Å². The zero-order valence-corrected chi connectivity index (χ0v) is 21.4. The number of aryl methyl sites for hydroxylation is 4. The highest BCUT2D eigenvalue weighted by molar-refractivity contribution is 7.80. The van der Waals surface area contributed by atoms with E-state index in [0.717, 1.165) is 28.3 Å². The second-order valence-electron chi connectivity index (χ2n) is 9.38. The molecular weight excluding hydrogens is 455 g/mol. The molecule has 1 saturated heterocycles. The molecule has 0 aliphatic carbocycles. The van der Waals surface area contributed by atoms with E-state index in [2.05, 4.69) is 71.7 Å². The van der Waals surface area contributed by atoms with E-state index in [9.17, 15) is 4.39 Å². The van der Waals surface area contributed by atoms with Gasteiger partial charge in [-0.1, -0.05) is 18.2 Å². The Morgan fingerprint density at radius 1 is 0.914 bits per heavy atom. The number of pyridine rings is 1. The molecule has 6 heteroatoms. The van der Waals surface area contributed by atoms with Crippen molar-refractivity contribution in [2.75, 3.05) is 4.90 Å². The van der Waals surface area contributed by atoms with Crippen molar-refractivity contribution in [1.29, 1.82) is 0 Å². The van der Waals surface area contributed by atoms with Gasteiger partial charge in [-0.15, -0.1) is 0 Å². The summed E-state index contributed by atoms with van der Waals surface area (Å²) in [6, 6.07) is 19.6. The number of nitrogens with one attached hydrogen (secondary N) is 1. The molecule has 4 aromatic rings. The zero-order chi connectivity index (χ0) is 24.9. The molecule has 4 nitrogen and oxygen atoms in total. The van der Waals surface area contributed by atoms with Crippen LogP contribution in [0.2, 0.25) is 0 Å². The molecule has 1 N–H and O–H groups in total. The van der Waals surface area contributed by atoms with Crippen molar-refractivity contribution in [3.63, 3.8) is 0 Å². The largest absolute Gasteiger partial charge is 0.351 e. The second-order valence-corrected chi connectivity index (χ2v) is 9.77. The summed E-state index contributed by atoms with van der Waals surface area (Å²) in [7, 11) is 0. The van der Waals surface area contributed by atoms with E-state index in [1.54, 1.807) is 19.2 Å². The standard InChI is InChI=1S/C29H29FN4S/c1-17-9-10-18(2)26(14-17)33-20(4)16-23(21(33)5)28-27(25-8-6-7-13-31-25)32-29(35)34(28)22-11-12-24(30)19(3)15-22/h6-16,27-28H,1-5H3,(H,32,35)/t27-,28-/m0/s1. The van der Waals surface area contributed by atoms with Crippen LogP contribution in [0.4, 0.5) is 10.1 Å². The van der Waals surface area contributed by atoms with Gasteiger partial charge in [0.15, 0.2) is 5.11 Å². The van der Waals surface area contributed by atoms with E-state index >= 15 is 0 Å². The van der Waals surface area contributed by atoms with Crippen LogP contribution < -0.4 is 10.2 Å². The maximum atomic E-state index is 14.1. The molecule has 1 fully saturated rings.